The molecule has 24 heavy (non-hydrogen) atoms. The molecule has 2 aromatic carbocycles. The van der Waals surface area contributed by atoms with Crippen LogP contribution in [0, 0.1) is 0 Å². The molecule has 0 radical (unpaired) electrons. The molecule has 1 amide bonds. The lowest BCUT2D eigenvalue weighted by molar-refractivity contribution is 0.215. The minimum absolute atomic E-state index is 0.195. The average Bonchev–Trinajstić information content (AvgIpc) is 2.59. The molecule has 3 rings (SSSR count). The molecule has 0 atom stereocenters. The fraction of sp³-hybridized carbons (Fsp3) is 0. The number of aromatic nitrogens is 1. The maximum absolute atomic E-state index is 11.9. The molecule has 4 N–H and O–H groups in total. The number of benzene rings is 2. The number of hydrogen-bond donors (Lipinski definition) is 3. The van der Waals surface area contributed by atoms with Crippen LogP contribution in [-0.4, -0.2) is 11.1 Å². The molecule has 0 spiro atoms. The molecule has 1 heterocycles. The number of nitrogens with zero attached hydrogens (tertiary/aromatic N) is 1. The molecule has 0 saturated heterocycles. The number of anilines is 4. The van der Waals surface area contributed by atoms with Gasteiger partial charge in [-0.05, 0) is 36.4 Å². The molecule has 0 unspecified atom stereocenters. The zero-order chi connectivity index (χ0) is 16.8. The summed E-state index contributed by atoms with van der Waals surface area (Å²) < 4.78 is 5.15. The van der Waals surface area contributed by atoms with Gasteiger partial charge in [0.2, 0.25) is 0 Å². The van der Waals surface area contributed by atoms with Crippen molar-refractivity contribution >= 4 is 29.1 Å². The Bertz CT molecular complexity index is 823. The van der Waals surface area contributed by atoms with E-state index >= 15 is 0 Å². The summed E-state index contributed by atoms with van der Waals surface area (Å²) in [6, 6.07) is 21.8. The van der Waals surface area contributed by atoms with Crippen molar-refractivity contribution in [1.82, 2.24) is 4.98 Å². The van der Waals surface area contributed by atoms with Crippen LogP contribution in [0.4, 0.5) is 27.8 Å². The molecule has 1 aromatic heterocycles. The maximum Gasteiger partial charge on any atom is 0.417 e. The Kier molecular flexibility index (Phi) is 4.57. The molecule has 0 aliphatic heterocycles. The minimum Gasteiger partial charge on any atom is -0.410 e. The predicted molar refractivity (Wildman–Crippen MR) is 94.5 cm³/mol. The van der Waals surface area contributed by atoms with Gasteiger partial charge in [-0.25, -0.2) is 9.78 Å². The molecule has 0 fully saturated rings. The summed E-state index contributed by atoms with van der Waals surface area (Å²) in [5, 5.41) is 5.70. The summed E-state index contributed by atoms with van der Waals surface area (Å²) in [5.41, 5.74) is 7.18. The second kappa shape index (κ2) is 7.15. The van der Waals surface area contributed by atoms with Crippen LogP contribution in [0.2, 0.25) is 0 Å². The van der Waals surface area contributed by atoms with Gasteiger partial charge < -0.3 is 15.8 Å². The van der Waals surface area contributed by atoms with E-state index in [1.165, 1.54) is 0 Å². The van der Waals surface area contributed by atoms with E-state index in [1.807, 2.05) is 36.4 Å². The Hall–Kier alpha value is -3.54. The van der Waals surface area contributed by atoms with E-state index in [0.29, 0.717) is 17.3 Å². The van der Waals surface area contributed by atoms with Gasteiger partial charge in [0.05, 0.1) is 5.69 Å². The molecule has 6 heteroatoms. The van der Waals surface area contributed by atoms with Crippen LogP contribution in [-0.2, 0) is 0 Å². The number of para-hydroxylation sites is 2. The van der Waals surface area contributed by atoms with E-state index < -0.39 is 6.09 Å². The molecule has 6 nitrogen and oxygen atoms in total. The highest BCUT2D eigenvalue weighted by Crippen LogP contribution is 2.21. The Balaban J connectivity index is 1.65. The van der Waals surface area contributed by atoms with Crippen molar-refractivity contribution in [3.05, 3.63) is 72.8 Å². The summed E-state index contributed by atoms with van der Waals surface area (Å²) >= 11 is 0. The van der Waals surface area contributed by atoms with Crippen molar-refractivity contribution < 1.29 is 9.53 Å². The first kappa shape index (κ1) is 15.4. The van der Waals surface area contributed by atoms with E-state index in [9.17, 15) is 4.79 Å². The molecule has 0 aliphatic carbocycles. The number of carbonyl (C=O) groups excluding carboxylic acids is 1. The zero-order valence-corrected chi connectivity index (χ0v) is 12.8. The van der Waals surface area contributed by atoms with Crippen molar-refractivity contribution in [3.8, 4) is 5.75 Å². The molecule has 3 aromatic rings. The van der Waals surface area contributed by atoms with E-state index in [4.69, 9.17) is 10.5 Å². The Morgan fingerprint density at radius 2 is 1.58 bits per heavy atom. The van der Waals surface area contributed by atoms with Crippen LogP contribution >= 0.6 is 0 Å². The van der Waals surface area contributed by atoms with Gasteiger partial charge in [0, 0.05) is 5.69 Å². The SMILES string of the molecule is Nc1nc(Nc2ccccc2)ccc1NC(=O)Oc1ccccc1. The number of ether oxygens (including phenoxy) is 1. The summed E-state index contributed by atoms with van der Waals surface area (Å²) in [5.74, 6) is 1.23. The van der Waals surface area contributed by atoms with Crippen LogP contribution in [0.5, 0.6) is 5.75 Å². The highest BCUT2D eigenvalue weighted by molar-refractivity contribution is 5.89. The van der Waals surface area contributed by atoms with Crippen LogP contribution in [0.3, 0.4) is 0 Å². The highest BCUT2D eigenvalue weighted by atomic mass is 16.6. The quantitative estimate of drug-likeness (QED) is 0.675. The molecule has 120 valence electrons. The first-order valence-corrected chi connectivity index (χ1v) is 7.33. The first-order valence-electron chi connectivity index (χ1n) is 7.33. The van der Waals surface area contributed by atoms with Crippen molar-refractivity contribution in [2.45, 2.75) is 0 Å². The Labute approximate surface area is 139 Å². The van der Waals surface area contributed by atoms with Crippen molar-refractivity contribution in [1.29, 1.82) is 0 Å². The number of carbonyl (C=O) groups is 1. The van der Waals surface area contributed by atoms with E-state index in [0.717, 1.165) is 5.69 Å². The minimum atomic E-state index is -0.626. The summed E-state index contributed by atoms with van der Waals surface area (Å²) in [7, 11) is 0. The van der Waals surface area contributed by atoms with Gasteiger partial charge in [-0.15, -0.1) is 0 Å². The monoisotopic (exact) mass is 320 g/mol. The van der Waals surface area contributed by atoms with Gasteiger partial charge in [-0.1, -0.05) is 36.4 Å². The van der Waals surface area contributed by atoms with Crippen molar-refractivity contribution in [2.75, 3.05) is 16.4 Å². The van der Waals surface area contributed by atoms with Crippen LogP contribution < -0.4 is 21.1 Å². The number of nitrogen functional groups attached to an aromatic ring is 1. The number of nitrogens with one attached hydrogen (secondary N) is 2. The third-order valence-electron chi connectivity index (χ3n) is 3.16. The van der Waals surface area contributed by atoms with Crippen molar-refractivity contribution in [3.63, 3.8) is 0 Å². The summed E-state index contributed by atoms with van der Waals surface area (Å²) in [4.78, 5) is 16.1. The number of rotatable bonds is 4. The van der Waals surface area contributed by atoms with Gasteiger partial charge >= 0.3 is 6.09 Å². The topological polar surface area (TPSA) is 89.3 Å². The second-order valence-electron chi connectivity index (χ2n) is 4.95. The van der Waals surface area contributed by atoms with Crippen LogP contribution in [0.1, 0.15) is 0 Å². The molecule has 0 saturated carbocycles. The molecular weight excluding hydrogens is 304 g/mol. The lowest BCUT2D eigenvalue weighted by atomic mass is 10.3. The highest BCUT2D eigenvalue weighted by Gasteiger charge is 2.09. The van der Waals surface area contributed by atoms with Crippen molar-refractivity contribution in [2.24, 2.45) is 0 Å². The summed E-state index contributed by atoms with van der Waals surface area (Å²) in [6.07, 6.45) is -0.626. The van der Waals surface area contributed by atoms with E-state index in [1.54, 1.807) is 36.4 Å². The standard InChI is InChI=1S/C18H16N4O2/c19-17-15(21-18(23)24-14-9-5-2-6-10-14)11-12-16(22-17)20-13-7-3-1-4-8-13/h1-12H,(H,21,23)(H3,19,20,22). The number of nitrogens with two attached hydrogens (primary N) is 1. The Morgan fingerprint density at radius 3 is 2.25 bits per heavy atom. The lowest BCUT2D eigenvalue weighted by Gasteiger charge is -2.10. The molecular formula is C18H16N4O2. The number of pyridine rings is 1. The van der Waals surface area contributed by atoms with Crippen LogP contribution in [0.25, 0.3) is 0 Å². The molecule has 0 bridgehead atoms. The number of hydrogen-bond acceptors (Lipinski definition) is 5. The summed E-state index contributed by atoms with van der Waals surface area (Å²) in [6.45, 7) is 0. The fourth-order valence-corrected chi connectivity index (χ4v) is 2.05. The van der Waals surface area contributed by atoms with Gasteiger partial charge in [0.25, 0.3) is 0 Å². The Morgan fingerprint density at radius 1 is 0.917 bits per heavy atom. The predicted octanol–water partition coefficient (Wildman–Crippen LogP) is 4.02. The second-order valence-corrected chi connectivity index (χ2v) is 4.95. The van der Waals surface area contributed by atoms with Gasteiger partial charge in [0.1, 0.15) is 17.4 Å². The van der Waals surface area contributed by atoms with E-state index in [2.05, 4.69) is 15.6 Å². The fourth-order valence-electron chi connectivity index (χ4n) is 2.05. The van der Waals surface area contributed by atoms with Crippen LogP contribution in [0.15, 0.2) is 72.8 Å². The number of amides is 1. The normalized spacial score (nSPS) is 10.0. The van der Waals surface area contributed by atoms with Gasteiger partial charge in [-0.2, -0.15) is 0 Å². The first-order chi connectivity index (χ1) is 11.7. The van der Waals surface area contributed by atoms with Gasteiger partial charge in [0.15, 0.2) is 0 Å². The molecule has 0 aliphatic rings. The third kappa shape index (κ3) is 4.01. The zero-order valence-electron chi connectivity index (χ0n) is 12.8. The van der Waals surface area contributed by atoms with Gasteiger partial charge in [-0.3, -0.25) is 5.32 Å². The maximum atomic E-state index is 11.9. The van der Waals surface area contributed by atoms with E-state index in [-0.39, 0.29) is 5.82 Å². The smallest absolute Gasteiger partial charge is 0.410 e. The lowest BCUT2D eigenvalue weighted by Crippen LogP contribution is -2.18. The average molecular weight is 320 g/mol. The largest absolute Gasteiger partial charge is 0.417 e. The third-order valence-corrected chi connectivity index (χ3v) is 3.16.